The van der Waals surface area contributed by atoms with Crippen LogP contribution in [0.2, 0.25) is 0 Å². The van der Waals surface area contributed by atoms with Gasteiger partial charge in [0.05, 0.1) is 5.75 Å². The van der Waals surface area contributed by atoms with Crippen molar-refractivity contribution >= 4 is 33.5 Å². The highest BCUT2D eigenvalue weighted by molar-refractivity contribution is 9.10. The van der Waals surface area contributed by atoms with Gasteiger partial charge in [-0.1, -0.05) is 39.8 Å². The summed E-state index contributed by atoms with van der Waals surface area (Å²) in [5.41, 5.74) is 1.37. The molecule has 4 rings (SSSR count). The van der Waals surface area contributed by atoms with Gasteiger partial charge < -0.3 is 13.9 Å². The van der Waals surface area contributed by atoms with E-state index in [1.54, 1.807) is 24.3 Å². The minimum absolute atomic E-state index is 0.00544. The molecule has 2 heterocycles. The summed E-state index contributed by atoms with van der Waals surface area (Å²) in [6.45, 7) is 0.210. The Labute approximate surface area is 155 Å². The SMILES string of the molecule is O=C(CSc1nnc(-c2ccc3c(c2)OCO3)o1)c1cccc(Br)c1. The molecule has 6 nitrogen and oxygen atoms in total. The molecule has 0 bridgehead atoms. The quantitative estimate of drug-likeness (QED) is 0.453. The van der Waals surface area contributed by atoms with Gasteiger partial charge in [0.15, 0.2) is 17.3 Å². The molecule has 1 aromatic heterocycles. The molecule has 0 saturated carbocycles. The van der Waals surface area contributed by atoms with Crippen LogP contribution in [0.5, 0.6) is 11.5 Å². The lowest BCUT2D eigenvalue weighted by Gasteiger charge is -2.00. The van der Waals surface area contributed by atoms with Gasteiger partial charge in [-0.25, -0.2) is 0 Å². The first-order valence-electron chi connectivity index (χ1n) is 7.34. The van der Waals surface area contributed by atoms with Crippen molar-refractivity contribution in [3.05, 3.63) is 52.5 Å². The highest BCUT2D eigenvalue weighted by atomic mass is 79.9. The Morgan fingerprint density at radius 3 is 2.88 bits per heavy atom. The first-order valence-corrected chi connectivity index (χ1v) is 9.12. The molecule has 0 radical (unpaired) electrons. The first kappa shape index (κ1) is 16.2. The number of hydrogen-bond donors (Lipinski definition) is 0. The molecule has 1 aliphatic rings. The van der Waals surface area contributed by atoms with Gasteiger partial charge in [0.1, 0.15) is 0 Å². The lowest BCUT2D eigenvalue weighted by Crippen LogP contribution is -2.02. The van der Waals surface area contributed by atoms with Gasteiger partial charge in [-0.3, -0.25) is 4.79 Å². The summed E-state index contributed by atoms with van der Waals surface area (Å²) in [6.07, 6.45) is 0. The van der Waals surface area contributed by atoms with Gasteiger partial charge in [-0.05, 0) is 30.3 Å². The smallest absolute Gasteiger partial charge is 0.277 e. The van der Waals surface area contributed by atoms with Gasteiger partial charge in [-0.2, -0.15) is 0 Å². The van der Waals surface area contributed by atoms with Gasteiger partial charge in [0.2, 0.25) is 12.7 Å². The number of ether oxygens (including phenoxy) is 2. The standard InChI is InChI=1S/C17H11BrN2O4S/c18-12-3-1-2-10(6-12)13(21)8-25-17-20-19-16(24-17)11-4-5-14-15(7-11)23-9-22-14/h1-7H,8-9H2. The predicted molar refractivity (Wildman–Crippen MR) is 95.1 cm³/mol. The van der Waals surface area contributed by atoms with Crippen LogP contribution in [0.4, 0.5) is 0 Å². The second-order valence-electron chi connectivity index (χ2n) is 5.16. The Morgan fingerprint density at radius 2 is 2.00 bits per heavy atom. The molecular formula is C17H11BrN2O4S. The Morgan fingerprint density at radius 1 is 1.12 bits per heavy atom. The van der Waals surface area contributed by atoms with Crippen molar-refractivity contribution in [2.45, 2.75) is 5.22 Å². The summed E-state index contributed by atoms with van der Waals surface area (Å²) in [5, 5.41) is 8.35. The van der Waals surface area contributed by atoms with E-state index in [-0.39, 0.29) is 18.3 Å². The normalized spacial score (nSPS) is 12.4. The Kier molecular flexibility index (Phi) is 4.46. The number of aromatic nitrogens is 2. The molecule has 0 spiro atoms. The van der Waals surface area contributed by atoms with E-state index >= 15 is 0 Å². The molecule has 0 saturated heterocycles. The number of Topliss-reactive ketones (excluding diaryl/α,β-unsaturated/α-hetero) is 1. The number of fused-ring (bicyclic) bond motifs is 1. The maximum absolute atomic E-state index is 12.2. The third-order valence-corrected chi connectivity index (χ3v) is 4.81. The topological polar surface area (TPSA) is 74.5 Å². The van der Waals surface area contributed by atoms with E-state index < -0.39 is 0 Å². The first-order chi connectivity index (χ1) is 12.2. The zero-order chi connectivity index (χ0) is 17.2. The molecule has 0 amide bonds. The minimum Gasteiger partial charge on any atom is -0.454 e. The number of halogens is 1. The lowest BCUT2D eigenvalue weighted by atomic mass is 10.2. The number of carbonyl (C=O) groups is 1. The predicted octanol–water partition coefficient (Wildman–Crippen LogP) is 4.20. The van der Waals surface area contributed by atoms with E-state index in [0.29, 0.717) is 28.2 Å². The molecule has 2 aromatic carbocycles. The number of hydrogen-bond acceptors (Lipinski definition) is 7. The largest absolute Gasteiger partial charge is 0.454 e. The average Bonchev–Trinajstić information content (AvgIpc) is 3.28. The summed E-state index contributed by atoms with van der Waals surface area (Å²) < 4.78 is 17.1. The summed E-state index contributed by atoms with van der Waals surface area (Å²) in [5.74, 6) is 1.93. The van der Waals surface area contributed by atoms with Crippen molar-refractivity contribution < 1.29 is 18.7 Å². The van der Waals surface area contributed by atoms with Gasteiger partial charge in [0, 0.05) is 15.6 Å². The molecule has 0 aliphatic carbocycles. The highest BCUT2D eigenvalue weighted by Crippen LogP contribution is 2.36. The van der Waals surface area contributed by atoms with E-state index in [9.17, 15) is 4.79 Å². The number of ketones is 1. The number of thioether (sulfide) groups is 1. The summed E-state index contributed by atoms with van der Waals surface area (Å²) in [6, 6.07) is 12.7. The molecule has 126 valence electrons. The fraction of sp³-hybridized carbons (Fsp3) is 0.118. The van der Waals surface area contributed by atoms with Crippen molar-refractivity contribution in [2.24, 2.45) is 0 Å². The zero-order valence-corrected chi connectivity index (χ0v) is 15.2. The van der Waals surface area contributed by atoms with E-state index in [1.807, 2.05) is 18.2 Å². The minimum atomic E-state index is -0.00544. The van der Waals surface area contributed by atoms with Crippen molar-refractivity contribution in [1.82, 2.24) is 10.2 Å². The van der Waals surface area contributed by atoms with Crippen LogP contribution in [0.3, 0.4) is 0 Å². The highest BCUT2D eigenvalue weighted by Gasteiger charge is 2.17. The monoisotopic (exact) mass is 418 g/mol. The van der Waals surface area contributed by atoms with E-state index in [1.165, 1.54) is 11.8 Å². The maximum atomic E-state index is 12.2. The number of rotatable bonds is 5. The van der Waals surface area contributed by atoms with Gasteiger partial charge in [0.25, 0.3) is 5.22 Å². The summed E-state index contributed by atoms with van der Waals surface area (Å²) >= 11 is 4.57. The van der Waals surface area contributed by atoms with Crippen LogP contribution in [0.25, 0.3) is 11.5 Å². The second kappa shape index (κ2) is 6.89. The van der Waals surface area contributed by atoms with Crippen LogP contribution in [0, 0.1) is 0 Å². The Balaban J connectivity index is 1.44. The number of benzene rings is 2. The molecular weight excluding hydrogens is 408 g/mol. The molecule has 0 fully saturated rings. The van der Waals surface area contributed by atoms with Crippen molar-refractivity contribution in [3.63, 3.8) is 0 Å². The fourth-order valence-electron chi connectivity index (χ4n) is 2.29. The second-order valence-corrected chi connectivity index (χ2v) is 7.01. The maximum Gasteiger partial charge on any atom is 0.277 e. The van der Waals surface area contributed by atoms with Crippen LogP contribution in [0.1, 0.15) is 10.4 Å². The van der Waals surface area contributed by atoms with Crippen molar-refractivity contribution in [2.75, 3.05) is 12.5 Å². The summed E-state index contributed by atoms with van der Waals surface area (Å²) in [7, 11) is 0. The van der Waals surface area contributed by atoms with Crippen LogP contribution < -0.4 is 9.47 Å². The Hall–Kier alpha value is -2.32. The molecule has 25 heavy (non-hydrogen) atoms. The average molecular weight is 419 g/mol. The van der Waals surface area contributed by atoms with Crippen LogP contribution in [-0.2, 0) is 0 Å². The fourth-order valence-corrected chi connectivity index (χ4v) is 3.34. The third-order valence-electron chi connectivity index (χ3n) is 3.50. The van der Waals surface area contributed by atoms with E-state index in [0.717, 1.165) is 10.0 Å². The van der Waals surface area contributed by atoms with Crippen molar-refractivity contribution in [3.8, 4) is 23.0 Å². The van der Waals surface area contributed by atoms with Gasteiger partial charge >= 0.3 is 0 Å². The van der Waals surface area contributed by atoms with Gasteiger partial charge in [-0.15, -0.1) is 10.2 Å². The van der Waals surface area contributed by atoms with E-state index in [4.69, 9.17) is 13.9 Å². The molecule has 3 aromatic rings. The molecule has 8 heteroatoms. The molecule has 0 atom stereocenters. The van der Waals surface area contributed by atoms with Crippen LogP contribution in [0.15, 0.2) is 56.6 Å². The lowest BCUT2D eigenvalue weighted by molar-refractivity contribution is 0.102. The van der Waals surface area contributed by atoms with Crippen molar-refractivity contribution in [1.29, 1.82) is 0 Å². The molecule has 0 unspecified atom stereocenters. The zero-order valence-electron chi connectivity index (χ0n) is 12.8. The van der Waals surface area contributed by atoms with Crippen LogP contribution >= 0.6 is 27.7 Å². The number of carbonyl (C=O) groups excluding carboxylic acids is 1. The molecule has 0 N–H and O–H groups in total. The third kappa shape index (κ3) is 3.54. The van der Waals surface area contributed by atoms with E-state index in [2.05, 4.69) is 26.1 Å². The Bertz CT molecular complexity index is 944. The molecule has 1 aliphatic heterocycles. The van der Waals surface area contributed by atoms with Crippen LogP contribution in [-0.4, -0.2) is 28.5 Å². The summed E-state index contributed by atoms with van der Waals surface area (Å²) in [4.78, 5) is 12.2. The number of nitrogens with zero attached hydrogens (tertiary/aromatic N) is 2.